The van der Waals surface area contributed by atoms with Crippen molar-refractivity contribution in [1.82, 2.24) is 15.2 Å². The lowest BCUT2D eigenvalue weighted by Crippen LogP contribution is -2.45. The van der Waals surface area contributed by atoms with Gasteiger partial charge in [-0.1, -0.05) is 12.8 Å². The Bertz CT molecular complexity index is 641. The number of nitrogens with zero attached hydrogens (tertiary/aromatic N) is 2. The molecule has 1 amide bonds. The molecule has 1 aromatic heterocycles. The fourth-order valence-corrected chi connectivity index (χ4v) is 5.69. The molecule has 2 saturated heterocycles. The highest BCUT2D eigenvalue weighted by Crippen LogP contribution is 2.44. The second-order valence-electron chi connectivity index (χ2n) is 8.28. The molecule has 4 atom stereocenters. The Hall–Kier alpha value is -1.02. The minimum atomic E-state index is -0.223. The Morgan fingerprint density at radius 2 is 2.23 bits per heavy atom. The molecule has 6 nitrogen and oxygen atoms in total. The first-order valence-electron chi connectivity index (χ1n) is 9.89. The predicted molar refractivity (Wildman–Crippen MR) is 103 cm³/mol. The first kappa shape index (κ1) is 18.3. The van der Waals surface area contributed by atoms with E-state index in [9.17, 15) is 4.79 Å². The van der Waals surface area contributed by atoms with E-state index in [0.29, 0.717) is 5.92 Å². The van der Waals surface area contributed by atoms with Crippen molar-refractivity contribution in [3.8, 4) is 0 Å². The normalized spacial score (nSPS) is 35.2. The van der Waals surface area contributed by atoms with E-state index in [4.69, 9.17) is 4.74 Å². The minimum Gasteiger partial charge on any atom is -0.373 e. The van der Waals surface area contributed by atoms with E-state index in [-0.39, 0.29) is 23.5 Å². The molecule has 3 fully saturated rings. The lowest BCUT2D eigenvalue weighted by molar-refractivity contribution is -0.128. The van der Waals surface area contributed by atoms with Gasteiger partial charge in [0.15, 0.2) is 5.13 Å². The molecule has 0 radical (unpaired) electrons. The van der Waals surface area contributed by atoms with E-state index in [0.717, 1.165) is 62.8 Å². The van der Waals surface area contributed by atoms with Crippen LogP contribution in [-0.4, -0.2) is 54.2 Å². The molecule has 2 N–H and O–H groups in total. The van der Waals surface area contributed by atoms with Crippen LogP contribution in [0.25, 0.3) is 0 Å². The van der Waals surface area contributed by atoms with E-state index in [1.165, 1.54) is 6.42 Å². The maximum atomic E-state index is 13.0. The standard InChI is InChI=1S/C19H30N4O2S/c1-13-8-23(9-14(2)25-13)10-16-11-26-18(21-16)22-17(24)19-6-4-3-5-15(19)7-20-12-19/h11,13-15,20H,3-10,12H2,1-2H3,(H,21,22,24)/t13?,14?,15-,19+/m0/s1. The number of morpholine rings is 1. The van der Waals surface area contributed by atoms with Gasteiger partial charge in [-0.2, -0.15) is 0 Å². The Kier molecular flexibility index (Phi) is 5.32. The molecule has 3 heterocycles. The maximum absolute atomic E-state index is 13.0. The van der Waals surface area contributed by atoms with E-state index in [2.05, 4.69) is 39.7 Å². The number of aromatic nitrogens is 1. The van der Waals surface area contributed by atoms with Crippen LogP contribution in [0.1, 0.15) is 45.2 Å². The summed E-state index contributed by atoms with van der Waals surface area (Å²) < 4.78 is 5.80. The van der Waals surface area contributed by atoms with Crippen molar-refractivity contribution in [1.29, 1.82) is 0 Å². The largest absolute Gasteiger partial charge is 0.373 e. The van der Waals surface area contributed by atoms with Gasteiger partial charge in [-0.25, -0.2) is 4.98 Å². The topological polar surface area (TPSA) is 66.5 Å². The average molecular weight is 379 g/mol. The van der Waals surface area contributed by atoms with Gasteiger partial charge in [0.25, 0.3) is 0 Å². The van der Waals surface area contributed by atoms with Crippen LogP contribution in [0.3, 0.4) is 0 Å². The van der Waals surface area contributed by atoms with Gasteiger partial charge in [-0.3, -0.25) is 9.69 Å². The lowest BCUT2D eigenvalue weighted by atomic mass is 9.68. The maximum Gasteiger partial charge on any atom is 0.233 e. The molecule has 4 rings (SSSR count). The fourth-order valence-electron chi connectivity index (χ4n) is 4.99. The summed E-state index contributed by atoms with van der Waals surface area (Å²) in [7, 11) is 0. The van der Waals surface area contributed by atoms with Crippen molar-refractivity contribution < 1.29 is 9.53 Å². The first-order valence-corrected chi connectivity index (χ1v) is 10.8. The highest BCUT2D eigenvalue weighted by Gasteiger charge is 2.50. The van der Waals surface area contributed by atoms with Gasteiger partial charge in [-0.05, 0) is 39.2 Å². The molecule has 1 saturated carbocycles. The average Bonchev–Trinajstić information content (AvgIpc) is 3.21. The van der Waals surface area contributed by atoms with Crippen molar-refractivity contribution in [2.24, 2.45) is 11.3 Å². The Balaban J connectivity index is 1.38. The number of carbonyl (C=O) groups excluding carboxylic acids is 1. The van der Waals surface area contributed by atoms with Crippen LogP contribution in [0.15, 0.2) is 5.38 Å². The van der Waals surface area contributed by atoms with Crippen LogP contribution >= 0.6 is 11.3 Å². The highest BCUT2D eigenvalue weighted by atomic mass is 32.1. The highest BCUT2D eigenvalue weighted by molar-refractivity contribution is 7.13. The summed E-state index contributed by atoms with van der Waals surface area (Å²) in [5.41, 5.74) is 0.813. The molecular formula is C19H30N4O2S. The molecule has 7 heteroatoms. The van der Waals surface area contributed by atoms with Gasteiger partial charge in [0.2, 0.25) is 5.91 Å². The summed E-state index contributed by atoms with van der Waals surface area (Å²) in [6.07, 6.45) is 5.08. The Morgan fingerprint density at radius 1 is 1.42 bits per heavy atom. The van der Waals surface area contributed by atoms with Crippen LogP contribution in [0, 0.1) is 11.3 Å². The lowest BCUT2D eigenvalue weighted by Gasteiger charge is -2.36. The SMILES string of the molecule is CC1CN(Cc2csc(NC(=O)[C@@]34CCCC[C@H]3CNC4)n2)CC(C)O1. The van der Waals surface area contributed by atoms with Gasteiger partial charge in [0.1, 0.15) is 0 Å². The summed E-state index contributed by atoms with van der Waals surface area (Å²) in [5, 5.41) is 9.39. The third kappa shape index (κ3) is 3.67. The van der Waals surface area contributed by atoms with Gasteiger partial charge >= 0.3 is 0 Å². The number of hydrogen-bond donors (Lipinski definition) is 2. The summed E-state index contributed by atoms with van der Waals surface area (Å²) in [6, 6.07) is 0. The van der Waals surface area contributed by atoms with Crippen molar-refractivity contribution >= 4 is 22.4 Å². The van der Waals surface area contributed by atoms with Gasteiger partial charge in [0.05, 0.1) is 23.3 Å². The molecule has 2 unspecified atom stereocenters. The third-order valence-electron chi connectivity index (χ3n) is 6.14. The quantitative estimate of drug-likeness (QED) is 0.843. The van der Waals surface area contributed by atoms with Crippen molar-refractivity contribution in [2.45, 2.75) is 58.3 Å². The Morgan fingerprint density at radius 3 is 3.04 bits per heavy atom. The number of thiazole rings is 1. The van der Waals surface area contributed by atoms with Gasteiger partial charge in [0, 0.05) is 31.6 Å². The molecule has 26 heavy (non-hydrogen) atoms. The Labute approximate surface area is 159 Å². The third-order valence-corrected chi connectivity index (χ3v) is 6.95. The molecular weight excluding hydrogens is 348 g/mol. The van der Waals surface area contributed by atoms with Crippen molar-refractivity contribution in [3.63, 3.8) is 0 Å². The number of fused-ring (bicyclic) bond motifs is 1. The van der Waals surface area contributed by atoms with E-state index < -0.39 is 0 Å². The van der Waals surface area contributed by atoms with Gasteiger partial charge in [-0.15, -0.1) is 11.3 Å². The number of ether oxygens (including phenoxy) is 1. The number of carbonyl (C=O) groups is 1. The van der Waals surface area contributed by atoms with Crippen LogP contribution in [0.5, 0.6) is 0 Å². The van der Waals surface area contributed by atoms with E-state index >= 15 is 0 Å². The smallest absolute Gasteiger partial charge is 0.233 e. The number of hydrogen-bond acceptors (Lipinski definition) is 6. The van der Waals surface area contributed by atoms with Crippen LogP contribution in [0.2, 0.25) is 0 Å². The molecule has 144 valence electrons. The first-order chi connectivity index (χ1) is 12.5. The summed E-state index contributed by atoms with van der Waals surface area (Å²) in [6.45, 7) is 8.70. The predicted octanol–water partition coefficient (Wildman–Crippen LogP) is 2.47. The number of anilines is 1. The summed E-state index contributed by atoms with van der Waals surface area (Å²) in [5.74, 6) is 0.647. The van der Waals surface area contributed by atoms with Crippen LogP contribution in [-0.2, 0) is 16.1 Å². The minimum absolute atomic E-state index is 0.168. The molecule has 0 aromatic carbocycles. The molecule has 0 bridgehead atoms. The zero-order chi connectivity index (χ0) is 18.1. The number of rotatable bonds is 4. The molecule has 2 aliphatic heterocycles. The zero-order valence-corrected chi connectivity index (χ0v) is 16.6. The molecule has 0 spiro atoms. The fraction of sp³-hybridized carbons (Fsp3) is 0.789. The van der Waals surface area contributed by atoms with E-state index in [1.807, 2.05) is 0 Å². The zero-order valence-electron chi connectivity index (χ0n) is 15.8. The summed E-state index contributed by atoms with van der Waals surface area (Å²) >= 11 is 1.54. The van der Waals surface area contributed by atoms with Crippen molar-refractivity contribution in [3.05, 3.63) is 11.1 Å². The van der Waals surface area contributed by atoms with Crippen LogP contribution < -0.4 is 10.6 Å². The van der Waals surface area contributed by atoms with Crippen LogP contribution in [0.4, 0.5) is 5.13 Å². The second-order valence-corrected chi connectivity index (χ2v) is 9.14. The second kappa shape index (κ2) is 7.54. The molecule has 1 aliphatic carbocycles. The number of nitrogens with one attached hydrogen (secondary N) is 2. The number of amides is 1. The summed E-state index contributed by atoms with van der Waals surface area (Å²) in [4.78, 5) is 20.1. The molecule has 3 aliphatic rings. The van der Waals surface area contributed by atoms with E-state index in [1.54, 1.807) is 11.3 Å². The van der Waals surface area contributed by atoms with Gasteiger partial charge < -0.3 is 15.4 Å². The van der Waals surface area contributed by atoms with Crippen molar-refractivity contribution in [2.75, 3.05) is 31.5 Å². The molecule has 1 aromatic rings. The monoisotopic (exact) mass is 378 g/mol.